The van der Waals surface area contributed by atoms with E-state index in [0.717, 1.165) is 5.75 Å². The van der Waals surface area contributed by atoms with Crippen LogP contribution in [-0.4, -0.2) is 24.9 Å². The van der Waals surface area contributed by atoms with Crippen molar-refractivity contribution in [1.82, 2.24) is 5.01 Å². The van der Waals surface area contributed by atoms with Gasteiger partial charge in [0.2, 0.25) is 0 Å². The van der Waals surface area contributed by atoms with E-state index in [4.69, 9.17) is 21.1 Å². The van der Waals surface area contributed by atoms with Crippen LogP contribution in [0.5, 0.6) is 5.75 Å². The normalized spacial score (nSPS) is 14.2. The summed E-state index contributed by atoms with van der Waals surface area (Å²) in [6, 6.07) is 7.17. The topological polar surface area (TPSA) is 34.1 Å². The zero-order valence-corrected chi connectivity index (χ0v) is 8.15. The number of hydrogen-bond acceptors (Lipinski definition) is 4. The van der Waals surface area contributed by atoms with Crippen molar-refractivity contribution in [2.24, 2.45) is 5.10 Å². The van der Waals surface area contributed by atoms with Gasteiger partial charge in [0.1, 0.15) is 5.75 Å². The second-order valence-electron chi connectivity index (χ2n) is 2.75. The minimum absolute atomic E-state index is 0.373. The van der Waals surface area contributed by atoms with Crippen LogP contribution in [0, 0.1) is 0 Å². The average Bonchev–Trinajstić information content (AvgIpc) is 2.70. The standard InChI is InChI=1S/C9H9ClN2O2/c10-8-1-3-9(4-2-8)14-7-12-6-13-5-11-12/h1-5H,6-7H2. The second kappa shape index (κ2) is 4.19. The highest BCUT2D eigenvalue weighted by Crippen LogP contribution is 2.15. The van der Waals surface area contributed by atoms with E-state index in [0.29, 0.717) is 18.5 Å². The summed E-state index contributed by atoms with van der Waals surface area (Å²) >= 11 is 5.73. The summed E-state index contributed by atoms with van der Waals surface area (Å²) in [6.45, 7) is 0.811. The van der Waals surface area contributed by atoms with Gasteiger partial charge >= 0.3 is 0 Å². The molecule has 1 aliphatic rings. The Morgan fingerprint density at radius 2 is 2.21 bits per heavy atom. The maximum Gasteiger partial charge on any atom is 0.195 e. The molecule has 0 radical (unpaired) electrons. The van der Waals surface area contributed by atoms with E-state index in [1.54, 1.807) is 17.1 Å². The zero-order chi connectivity index (χ0) is 9.80. The Bertz CT molecular complexity index is 326. The Balaban J connectivity index is 1.85. The van der Waals surface area contributed by atoms with Gasteiger partial charge in [-0.05, 0) is 24.3 Å². The molecule has 0 spiro atoms. The fourth-order valence-electron chi connectivity index (χ4n) is 1.00. The second-order valence-corrected chi connectivity index (χ2v) is 3.19. The largest absolute Gasteiger partial charge is 0.472 e. The first-order valence-corrected chi connectivity index (χ1v) is 4.50. The summed E-state index contributed by atoms with van der Waals surface area (Å²) < 4.78 is 10.3. The molecule has 0 aliphatic carbocycles. The summed E-state index contributed by atoms with van der Waals surface area (Å²) in [5.41, 5.74) is 0. The predicted octanol–water partition coefficient (Wildman–Crippen LogP) is 1.91. The van der Waals surface area contributed by atoms with E-state index >= 15 is 0 Å². The Labute approximate surface area is 86.7 Å². The van der Waals surface area contributed by atoms with E-state index in [2.05, 4.69) is 5.10 Å². The highest BCUT2D eigenvalue weighted by molar-refractivity contribution is 6.30. The molecule has 0 fully saturated rings. The van der Waals surface area contributed by atoms with Gasteiger partial charge in [-0.1, -0.05) is 11.6 Å². The molecular formula is C9H9ClN2O2. The van der Waals surface area contributed by atoms with Crippen molar-refractivity contribution in [3.05, 3.63) is 29.3 Å². The molecule has 5 heteroatoms. The maximum absolute atomic E-state index is 5.73. The third-order valence-electron chi connectivity index (χ3n) is 1.70. The molecule has 0 bridgehead atoms. The van der Waals surface area contributed by atoms with Crippen molar-refractivity contribution in [2.75, 3.05) is 13.5 Å². The fraction of sp³-hybridized carbons (Fsp3) is 0.222. The molecule has 0 N–H and O–H groups in total. The third-order valence-corrected chi connectivity index (χ3v) is 1.95. The number of rotatable bonds is 3. The summed E-state index contributed by atoms with van der Waals surface area (Å²) in [4.78, 5) is 0. The van der Waals surface area contributed by atoms with E-state index in [-0.39, 0.29) is 0 Å². The molecule has 0 unspecified atom stereocenters. The van der Waals surface area contributed by atoms with Gasteiger partial charge in [-0.2, -0.15) is 0 Å². The van der Waals surface area contributed by atoms with E-state index in [9.17, 15) is 0 Å². The monoisotopic (exact) mass is 212 g/mol. The summed E-state index contributed by atoms with van der Waals surface area (Å²) in [5, 5.41) is 6.26. The predicted molar refractivity (Wildman–Crippen MR) is 53.2 cm³/mol. The molecule has 0 saturated heterocycles. The van der Waals surface area contributed by atoms with Crippen LogP contribution < -0.4 is 4.74 Å². The molecule has 2 rings (SSSR count). The minimum Gasteiger partial charge on any atom is -0.472 e. The van der Waals surface area contributed by atoms with Crippen molar-refractivity contribution >= 4 is 18.0 Å². The first-order valence-electron chi connectivity index (χ1n) is 4.12. The summed E-state index contributed by atoms with van der Waals surface area (Å²) in [6.07, 6.45) is 1.39. The van der Waals surface area contributed by atoms with Crippen LogP contribution in [0.2, 0.25) is 5.02 Å². The van der Waals surface area contributed by atoms with Crippen molar-refractivity contribution in [2.45, 2.75) is 0 Å². The quantitative estimate of drug-likeness (QED) is 0.768. The first kappa shape index (κ1) is 9.15. The molecule has 1 heterocycles. The van der Waals surface area contributed by atoms with Gasteiger partial charge < -0.3 is 9.47 Å². The maximum atomic E-state index is 5.73. The van der Waals surface area contributed by atoms with Gasteiger partial charge in [0.05, 0.1) is 0 Å². The van der Waals surface area contributed by atoms with Crippen molar-refractivity contribution in [3.8, 4) is 5.75 Å². The highest BCUT2D eigenvalue weighted by atomic mass is 35.5. The summed E-state index contributed by atoms with van der Waals surface area (Å²) in [7, 11) is 0. The Kier molecular flexibility index (Phi) is 2.74. The van der Waals surface area contributed by atoms with Crippen LogP contribution in [-0.2, 0) is 4.74 Å². The zero-order valence-electron chi connectivity index (χ0n) is 7.39. The SMILES string of the molecule is Clc1ccc(OCN2COC=N2)cc1. The van der Waals surface area contributed by atoms with Crippen LogP contribution in [0.3, 0.4) is 0 Å². The van der Waals surface area contributed by atoms with Gasteiger partial charge in [-0.15, -0.1) is 5.10 Å². The lowest BCUT2D eigenvalue weighted by Gasteiger charge is -2.12. The minimum atomic E-state index is 0.373. The fourth-order valence-corrected chi connectivity index (χ4v) is 1.13. The van der Waals surface area contributed by atoms with Crippen molar-refractivity contribution in [1.29, 1.82) is 0 Å². The van der Waals surface area contributed by atoms with Crippen LogP contribution in [0.1, 0.15) is 0 Å². The van der Waals surface area contributed by atoms with E-state index in [1.165, 1.54) is 6.40 Å². The molecule has 74 valence electrons. The Hall–Kier alpha value is -1.42. The molecule has 4 nitrogen and oxygen atoms in total. The molecule has 1 aliphatic heterocycles. The first-order chi connectivity index (χ1) is 6.84. The molecule has 14 heavy (non-hydrogen) atoms. The number of hydrazone groups is 1. The van der Waals surface area contributed by atoms with Gasteiger partial charge in [-0.25, -0.2) is 5.01 Å². The average molecular weight is 213 g/mol. The van der Waals surface area contributed by atoms with Gasteiger partial charge in [0, 0.05) is 5.02 Å². The molecule has 0 amide bonds. The Morgan fingerprint density at radius 1 is 1.43 bits per heavy atom. The van der Waals surface area contributed by atoms with Crippen LogP contribution >= 0.6 is 11.6 Å². The van der Waals surface area contributed by atoms with E-state index in [1.807, 2.05) is 12.1 Å². The van der Waals surface area contributed by atoms with Crippen LogP contribution in [0.25, 0.3) is 0 Å². The molecular weight excluding hydrogens is 204 g/mol. The molecule has 1 aromatic rings. The smallest absolute Gasteiger partial charge is 0.195 e. The van der Waals surface area contributed by atoms with Gasteiger partial charge in [-0.3, -0.25) is 0 Å². The molecule has 0 aromatic heterocycles. The number of benzene rings is 1. The lowest BCUT2D eigenvalue weighted by Crippen LogP contribution is -2.20. The summed E-state index contributed by atoms with van der Waals surface area (Å²) in [5.74, 6) is 0.761. The van der Waals surface area contributed by atoms with Gasteiger partial charge in [0.15, 0.2) is 19.9 Å². The van der Waals surface area contributed by atoms with Crippen molar-refractivity contribution < 1.29 is 9.47 Å². The molecule has 0 saturated carbocycles. The third kappa shape index (κ3) is 2.29. The number of nitrogens with zero attached hydrogens (tertiary/aromatic N) is 2. The Morgan fingerprint density at radius 3 is 2.86 bits per heavy atom. The van der Waals surface area contributed by atoms with Crippen molar-refractivity contribution in [3.63, 3.8) is 0 Å². The number of ether oxygens (including phenoxy) is 2. The lowest BCUT2D eigenvalue weighted by atomic mass is 10.3. The highest BCUT2D eigenvalue weighted by Gasteiger charge is 2.05. The molecule has 0 atom stereocenters. The molecule has 1 aromatic carbocycles. The van der Waals surface area contributed by atoms with Crippen LogP contribution in [0.15, 0.2) is 29.4 Å². The van der Waals surface area contributed by atoms with E-state index < -0.39 is 0 Å². The van der Waals surface area contributed by atoms with Gasteiger partial charge in [0.25, 0.3) is 0 Å². The number of hydrogen-bond donors (Lipinski definition) is 0. The van der Waals surface area contributed by atoms with Crippen LogP contribution in [0.4, 0.5) is 0 Å². The lowest BCUT2D eigenvalue weighted by molar-refractivity contribution is 0.0834. The number of halogens is 1.